The van der Waals surface area contributed by atoms with Crippen LogP contribution in [-0.2, 0) is 17.7 Å². The summed E-state index contributed by atoms with van der Waals surface area (Å²) in [4.78, 5) is 23.9. The number of fused-ring (bicyclic) bond motifs is 1. The van der Waals surface area contributed by atoms with Crippen molar-refractivity contribution in [1.82, 2.24) is 4.57 Å². The third-order valence-corrected chi connectivity index (χ3v) is 3.56. The lowest BCUT2D eigenvalue weighted by Crippen LogP contribution is -2.30. The van der Waals surface area contributed by atoms with Gasteiger partial charge in [0, 0.05) is 23.5 Å². The van der Waals surface area contributed by atoms with Gasteiger partial charge >= 0.3 is 5.97 Å². The minimum atomic E-state index is -0.510. The SMILES string of the molecule is COC(=O)c1c2n(c(C)c(C)c1=O)CCCC2. The molecule has 1 aromatic rings. The van der Waals surface area contributed by atoms with E-state index < -0.39 is 5.97 Å². The van der Waals surface area contributed by atoms with Gasteiger partial charge in [-0.2, -0.15) is 0 Å². The molecule has 0 saturated heterocycles. The number of aromatic nitrogens is 1. The number of hydrogen-bond donors (Lipinski definition) is 0. The molecule has 2 rings (SSSR count). The predicted octanol–water partition coefficient (Wildman–Crippen LogP) is 1.59. The summed E-state index contributed by atoms with van der Waals surface area (Å²) < 4.78 is 6.82. The molecule has 2 heterocycles. The second-order valence-corrected chi connectivity index (χ2v) is 4.46. The number of carbonyl (C=O) groups excluding carboxylic acids is 1. The summed E-state index contributed by atoms with van der Waals surface area (Å²) >= 11 is 0. The maximum Gasteiger partial charge on any atom is 0.343 e. The third kappa shape index (κ3) is 1.77. The Morgan fingerprint density at radius 2 is 2.00 bits per heavy atom. The Morgan fingerprint density at radius 3 is 2.65 bits per heavy atom. The number of methoxy groups -OCH3 is 1. The van der Waals surface area contributed by atoms with Crippen molar-refractivity contribution in [3.05, 3.63) is 32.7 Å². The van der Waals surface area contributed by atoms with Crippen molar-refractivity contribution in [3.8, 4) is 0 Å². The van der Waals surface area contributed by atoms with Crippen molar-refractivity contribution in [1.29, 1.82) is 0 Å². The van der Waals surface area contributed by atoms with Crippen molar-refractivity contribution < 1.29 is 9.53 Å². The summed E-state index contributed by atoms with van der Waals surface area (Å²) in [6, 6.07) is 0. The molecular weight excluding hydrogens is 218 g/mol. The summed E-state index contributed by atoms with van der Waals surface area (Å²) in [6.07, 6.45) is 2.89. The van der Waals surface area contributed by atoms with Gasteiger partial charge in [-0.05, 0) is 33.1 Å². The highest BCUT2D eigenvalue weighted by molar-refractivity contribution is 5.90. The molecule has 1 aliphatic heterocycles. The van der Waals surface area contributed by atoms with Gasteiger partial charge in [0.2, 0.25) is 0 Å². The van der Waals surface area contributed by atoms with E-state index in [4.69, 9.17) is 4.74 Å². The van der Waals surface area contributed by atoms with E-state index in [2.05, 4.69) is 4.57 Å². The molecule has 4 heteroatoms. The molecule has 0 aromatic carbocycles. The van der Waals surface area contributed by atoms with Crippen LogP contribution in [0.2, 0.25) is 0 Å². The zero-order chi connectivity index (χ0) is 12.6. The average Bonchev–Trinajstić information content (AvgIpc) is 2.36. The van der Waals surface area contributed by atoms with E-state index in [9.17, 15) is 9.59 Å². The van der Waals surface area contributed by atoms with Gasteiger partial charge in [0.1, 0.15) is 5.56 Å². The summed E-state index contributed by atoms with van der Waals surface area (Å²) in [5.74, 6) is -0.510. The van der Waals surface area contributed by atoms with E-state index in [1.165, 1.54) is 7.11 Å². The highest BCUT2D eigenvalue weighted by Gasteiger charge is 2.24. The van der Waals surface area contributed by atoms with Crippen LogP contribution in [0.1, 0.15) is 40.2 Å². The standard InChI is InChI=1S/C13H17NO3/c1-8-9(2)14-7-5-4-6-10(14)11(12(8)15)13(16)17-3/h4-7H2,1-3H3. The fourth-order valence-corrected chi connectivity index (χ4v) is 2.46. The second kappa shape index (κ2) is 4.35. The highest BCUT2D eigenvalue weighted by Crippen LogP contribution is 2.20. The Hall–Kier alpha value is -1.58. The monoisotopic (exact) mass is 235 g/mol. The van der Waals surface area contributed by atoms with E-state index in [1.54, 1.807) is 6.92 Å². The Kier molecular flexibility index (Phi) is 3.05. The molecule has 0 N–H and O–H groups in total. The molecule has 1 aliphatic rings. The van der Waals surface area contributed by atoms with Crippen LogP contribution in [0.5, 0.6) is 0 Å². The van der Waals surface area contributed by atoms with Gasteiger partial charge in [-0.1, -0.05) is 0 Å². The molecule has 0 amide bonds. The molecule has 0 spiro atoms. The number of ether oxygens (including phenoxy) is 1. The van der Waals surface area contributed by atoms with Gasteiger partial charge in [0.15, 0.2) is 5.43 Å². The van der Waals surface area contributed by atoms with Crippen LogP contribution in [0, 0.1) is 13.8 Å². The molecule has 17 heavy (non-hydrogen) atoms. The first-order chi connectivity index (χ1) is 8.07. The summed E-state index contributed by atoms with van der Waals surface area (Å²) in [6.45, 7) is 4.59. The molecule has 0 unspecified atom stereocenters. The molecular formula is C13H17NO3. The van der Waals surface area contributed by atoms with Crippen molar-refractivity contribution in [3.63, 3.8) is 0 Å². The lowest BCUT2D eigenvalue weighted by Gasteiger charge is -2.24. The summed E-state index contributed by atoms with van der Waals surface area (Å²) in [5, 5.41) is 0. The van der Waals surface area contributed by atoms with Crippen LogP contribution in [-0.4, -0.2) is 17.6 Å². The Labute approximate surface area is 100 Å². The first-order valence-electron chi connectivity index (χ1n) is 5.89. The van der Waals surface area contributed by atoms with Gasteiger partial charge in [0.25, 0.3) is 0 Å². The van der Waals surface area contributed by atoms with E-state index in [1.807, 2.05) is 6.92 Å². The predicted molar refractivity (Wildman–Crippen MR) is 64.5 cm³/mol. The van der Waals surface area contributed by atoms with Crippen LogP contribution in [0.15, 0.2) is 4.79 Å². The number of carbonyl (C=O) groups is 1. The first-order valence-corrected chi connectivity index (χ1v) is 5.89. The first kappa shape index (κ1) is 11.9. The number of rotatable bonds is 1. The van der Waals surface area contributed by atoms with Gasteiger partial charge in [-0.25, -0.2) is 4.79 Å². The molecule has 92 valence electrons. The third-order valence-electron chi connectivity index (χ3n) is 3.56. The molecule has 0 atom stereocenters. The van der Waals surface area contributed by atoms with Crippen molar-refractivity contribution >= 4 is 5.97 Å². The lowest BCUT2D eigenvalue weighted by molar-refractivity contribution is 0.0596. The molecule has 1 aromatic heterocycles. The molecule has 4 nitrogen and oxygen atoms in total. The average molecular weight is 235 g/mol. The second-order valence-electron chi connectivity index (χ2n) is 4.46. The number of hydrogen-bond acceptors (Lipinski definition) is 3. The zero-order valence-corrected chi connectivity index (χ0v) is 10.5. The van der Waals surface area contributed by atoms with Crippen LogP contribution in [0.4, 0.5) is 0 Å². The largest absolute Gasteiger partial charge is 0.465 e. The fourth-order valence-electron chi connectivity index (χ4n) is 2.46. The number of esters is 1. The smallest absolute Gasteiger partial charge is 0.343 e. The minimum Gasteiger partial charge on any atom is -0.465 e. The molecule has 0 bridgehead atoms. The normalized spacial score (nSPS) is 14.3. The molecule has 0 saturated carbocycles. The molecule has 0 aliphatic carbocycles. The van der Waals surface area contributed by atoms with Crippen LogP contribution < -0.4 is 5.43 Å². The quantitative estimate of drug-likeness (QED) is 0.694. The maximum absolute atomic E-state index is 12.1. The Balaban J connectivity index is 2.78. The minimum absolute atomic E-state index is 0.178. The fraction of sp³-hybridized carbons (Fsp3) is 0.538. The Morgan fingerprint density at radius 1 is 1.29 bits per heavy atom. The van der Waals surface area contributed by atoms with Crippen molar-refractivity contribution in [2.75, 3.05) is 7.11 Å². The molecule has 0 radical (unpaired) electrons. The molecule has 0 fully saturated rings. The number of nitrogens with zero attached hydrogens (tertiary/aromatic N) is 1. The van der Waals surface area contributed by atoms with Crippen LogP contribution in [0.25, 0.3) is 0 Å². The van der Waals surface area contributed by atoms with Crippen molar-refractivity contribution in [2.24, 2.45) is 0 Å². The zero-order valence-electron chi connectivity index (χ0n) is 10.5. The van der Waals surface area contributed by atoms with Gasteiger partial charge < -0.3 is 9.30 Å². The van der Waals surface area contributed by atoms with E-state index in [0.29, 0.717) is 5.56 Å². The van der Waals surface area contributed by atoms with E-state index in [-0.39, 0.29) is 11.0 Å². The van der Waals surface area contributed by atoms with Crippen LogP contribution in [0.3, 0.4) is 0 Å². The van der Waals surface area contributed by atoms with Gasteiger partial charge in [0.05, 0.1) is 7.11 Å². The lowest BCUT2D eigenvalue weighted by atomic mass is 9.99. The summed E-state index contributed by atoms with van der Waals surface area (Å²) in [7, 11) is 1.32. The highest BCUT2D eigenvalue weighted by atomic mass is 16.5. The van der Waals surface area contributed by atoms with Gasteiger partial charge in [-0.3, -0.25) is 4.79 Å². The van der Waals surface area contributed by atoms with E-state index >= 15 is 0 Å². The Bertz CT molecular complexity index is 528. The maximum atomic E-state index is 12.1. The van der Waals surface area contributed by atoms with Crippen LogP contribution >= 0.6 is 0 Å². The topological polar surface area (TPSA) is 48.3 Å². The van der Waals surface area contributed by atoms with Gasteiger partial charge in [-0.15, -0.1) is 0 Å². The summed E-state index contributed by atoms with van der Waals surface area (Å²) in [5.41, 5.74) is 2.52. The van der Waals surface area contributed by atoms with E-state index in [0.717, 1.165) is 37.2 Å². The number of pyridine rings is 1. The van der Waals surface area contributed by atoms with Crippen molar-refractivity contribution in [2.45, 2.75) is 39.7 Å².